The number of hydrogen-bond donors (Lipinski definition) is 2. The van der Waals surface area contributed by atoms with Crippen molar-refractivity contribution in [3.05, 3.63) is 0 Å². The summed E-state index contributed by atoms with van der Waals surface area (Å²) in [6.07, 6.45) is 3.20. The molecular formula is C16H36N4O2. The predicted octanol–water partition coefficient (Wildman–Crippen LogP) is 1.33. The highest BCUT2D eigenvalue weighted by molar-refractivity contribution is 5.79. The molecule has 0 aromatic carbocycles. The number of likely N-dealkylation sites (N-methyl/N-ethyl adjacent to an activating group) is 1. The molecule has 0 aromatic rings. The van der Waals surface area contributed by atoms with Crippen LogP contribution in [0, 0.1) is 0 Å². The maximum absolute atomic E-state index is 5.33. The van der Waals surface area contributed by atoms with E-state index < -0.39 is 0 Å². The Morgan fingerprint density at radius 1 is 1.05 bits per heavy atom. The lowest BCUT2D eigenvalue weighted by Gasteiger charge is -2.18. The van der Waals surface area contributed by atoms with Crippen molar-refractivity contribution in [2.75, 3.05) is 66.7 Å². The van der Waals surface area contributed by atoms with Crippen molar-refractivity contribution in [3.8, 4) is 0 Å². The SMILES string of the molecule is CCNC(=NCCCCOCC)NCCN(C)CCCOC. The largest absolute Gasteiger partial charge is 0.385 e. The third-order valence-corrected chi connectivity index (χ3v) is 3.19. The highest BCUT2D eigenvalue weighted by atomic mass is 16.5. The topological polar surface area (TPSA) is 58.1 Å². The molecule has 0 saturated carbocycles. The van der Waals surface area contributed by atoms with E-state index in [1.807, 2.05) is 6.92 Å². The summed E-state index contributed by atoms with van der Waals surface area (Å²) in [6.45, 7) is 11.2. The lowest BCUT2D eigenvalue weighted by atomic mass is 10.3. The number of ether oxygens (including phenoxy) is 2. The van der Waals surface area contributed by atoms with Crippen LogP contribution in [-0.2, 0) is 9.47 Å². The molecule has 0 unspecified atom stereocenters. The van der Waals surface area contributed by atoms with Gasteiger partial charge in [0.05, 0.1) is 0 Å². The maximum Gasteiger partial charge on any atom is 0.191 e. The van der Waals surface area contributed by atoms with Crippen LogP contribution in [-0.4, -0.2) is 77.6 Å². The van der Waals surface area contributed by atoms with E-state index in [0.29, 0.717) is 0 Å². The molecule has 0 rings (SSSR count). The van der Waals surface area contributed by atoms with Crippen molar-refractivity contribution in [3.63, 3.8) is 0 Å². The summed E-state index contributed by atoms with van der Waals surface area (Å²) >= 11 is 0. The molecule has 0 heterocycles. The maximum atomic E-state index is 5.33. The van der Waals surface area contributed by atoms with Gasteiger partial charge in [-0.3, -0.25) is 4.99 Å². The van der Waals surface area contributed by atoms with Gasteiger partial charge in [0.15, 0.2) is 5.96 Å². The van der Waals surface area contributed by atoms with Gasteiger partial charge in [-0.25, -0.2) is 0 Å². The number of aliphatic imine (C=N–C) groups is 1. The Labute approximate surface area is 136 Å². The number of rotatable bonds is 14. The zero-order valence-corrected chi connectivity index (χ0v) is 15.0. The smallest absolute Gasteiger partial charge is 0.191 e. The molecule has 6 nitrogen and oxygen atoms in total. The zero-order valence-electron chi connectivity index (χ0n) is 15.0. The van der Waals surface area contributed by atoms with Gasteiger partial charge in [-0.15, -0.1) is 0 Å². The minimum atomic E-state index is 0.797. The van der Waals surface area contributed by atoms with E-state index in [0.717, 1.165) is 77.8 Å². The molecule has 0 aliphatic carbocycles. The summed E-state index contributed by atoms with van der Waals surface area (Å²) in [5, 5.41) is 6.66. The molecule has 0 radical (unpaired) electrons. The van der Waals surface area contributed by atoms with Crippen molar-refractivity contribution in [1.29, 1.82) is 0 Å². The van der Waals surface area contributed by atoms with Gasteiger partial charge in [-0.05, 0) is 40.2 Å². The summed E-state index contributed by atoms with van der Waals surface area (Å²) in [4.78, 5) is 6.89. The minimum absolute atomic E-state index is 0.797. The van der Waals surface area contributed by atoms with Crippen LogP contribution in [0.2, 0.25) is 0 Å². The lowest BCUT2D eigenvalue weighted by molar-refractivity contribution is 0.144. The molecule has 0 spiro atoms. The standard InChI is InChI=1S/C16H36N4O2/c1-5-17-16(18-10-7-8-15-22-6-2)19-11-13-20(3)12-9-14-21-4/h5-15H2,1-4H3,(H2,17,18,19). The van der Waals surface area contributed by atoms with Gasteiger partial charge in [0.1, 0.15) is 0 Å². The summed E-state index contributed by atoms with van der Waals surface area (Å²) in [5.41, 5.74) is 0. The second-order valence-corrected chi connectivity index (χ2v) is 5.24. The molecule has 0 saturated heterocycles. The van der Waals surface area contributed by atoms with Crippen LogP contribution >= 0.6 is 0 Å². The first-order valence-electron chi connectivity index (χ1n) is 8.52. The van der Waals surface area contributed by atoms with Crippen molar-refractivity contribution < 1.29 is 9.47 Å². The third-order valence-electron chi connectivity index (χ3n) is 3.19. The summed E-state index contributed by atoms with van der Waals surface area (Å²) < 4.78 is 10.4. The Morgan fingerprint density at radius 2 is 1.86 bits per heavy atom. The normalized spacial score (nSPS) is 12.0. The molecule has 132 valence electrons. The monoisotopic (exact) mass is 316 g/mol. The van der Waals surface area contributed by atoms with Crippen LogP contribution in [0.1, 0.15) is 33.1 Å². The van der Waals surface area contributed by atoms with Crippen LogP contribution in [0.15, 0.2) is 4.99 Å². The van der Waals surface area contributed by atoms with Crippen LogP contribution in [0.25, 0.3) is 0 Å². The highest BCUT2D eigenvalue weighted by Gasteiger charge is 2.00. The molecule has 0 bridgehead atoms. The van der Waals surface area contributed by atoms with E-state index in [9.17, 15) is 0 Å². The van der Waals surface area contributed by atoms with Crippen molar-refractivity contribution in [2.24, 2.45) is 4.99 Å². The van der Waals surface area contributed by atoms with Crippen LogP contribution in [0.4, 0.5) is 0 Å². The van der Waals surface area contributed by atoms with Crippen LogP contribution in [0.5, 0.6) is 0 Å². The second-order valence-electron chi connectivity index (χ2n) is 5.24. The van der Waals surface area contributed by atoms with Crippen LogP contribution in [0.3, 0.4) is 0 Å². The third kappa shape index (κ3) is 14.1. The predicted molar refractivity (Wildman–Crippen MR) is 93.7 cm³/mol. The van der Waals surface area contributed by atoms with Crippen molar-refractivity contribution >= 4 is 5.96 Å². The molecule has 22 heavy (non-hydrogen) atoms. The number of unbranched alkanes of at least 4 members (excludes halogenated alkanes) is 1. The van der Waals surface area contributed by atoms with Gasteiger partial charge in [0.25, 0.3) is 0 Å². The van der Waals surface area contributed by atoms with Gasteiger partial charge in [0, 0.05) is 59.7 Å². The number of nitrogens with one attached hydrogen (secondary N) is 2. The van der Waals surface area contributed by atoms with E-state index in [-0.39, 0.29) is 0 Å². The van der Waals surface area contributed by atoms with E-state index in [2.05, 4.69) is 34.5 Å². The number of nitrogens with zero attached hydrogens (tertiary/aromatic N) is 2. The van der Waals surface area contributed by atoms with Crippen molar-refractivity contribution in [2.45, 2.75) is 33.1 Å². The fourth-order valence-corrected chi connectivity index (χ4v) is 1.95. The molecule has 6 heteroatoms. The average molecular weight is 316 g/mol. The first-order valence-corrected chi connectivity index (χ1v) is 8.52. The molecular weight excluding hydrogens is 280 g/mol. The zero-order chi connectivity index (χ0) is 16.5. The Bertz CT molecular complexity index is 263. The minimum Gasteiger partial charge on any atom is -0.385 e. The first kappa shape index (κ1) is 21.1. The van der Waals surface area contributed by atoms with Gasteiger partial charge in [0.2, 0.25) is 0 Å². The molecule has 2 N–H and O–H groups in total. The fraction of sp³-hybridized carbons (Fsp3) is 0.938. The molecule has 0 aliphatic rings. The number of methoxy groups -OCH3 is 1. The van der Waals surface area contributed by atoms with E-state index >= 15 is 0 Å². The second kappa shape index (κ2) is 16.5. The van der Waals surface area contributed by atoms with Gasteiger partial charge in [-0.2, -0.15) is 0 Å². The Kier molecular flexibility index (Phi) is 15.9. The van der Waals surface area contributed by atoms with Gasteiger partial charge < -0.3 is 25.0 Å². The molecule has 0 fully saturated rings. The lowest BCUT2D eigenvalue weighted by Crippen LogP contribution is -2.41. The average Bonchev–Trinajstić information content (AvgIpc) is 2.51. The fourth-order valence-electron chi connectivity index (χ4n) is 1.95. The number of hydrogen-bond acceptors (Lipinski definition) is 4. The van der Waals surface area contributed by atoms with Gasteiger partial charge >= 0.3 is 0 Å². The molecule has 0 aliphatic heterocycles. The highest BCUT2D eigenvalue weighted by Crippen LogP contribution is 1.91. The molecule has 0 amide bonds. The summed E-state index contributed by atoms with van der Waals surface area (Å²) in [5.74, 6) is 0.907. The summed E-state index contributed by atoms with van der Waals surface area (Å²) in [6, 6.07) is 0. The first-order chi connectivity index (χ1) is 10.7. The van der Waals surface area contributed by atoms with Crippen LogP contribution < -0.4 is 10.6 Å². The molecule has 0 atom stereocenters. The van der Waals surface area contributed by atoms with E-state index in [1.165, 1.54) is 0 Å². The Morgan fingerprint density at radius 3 is 2.55 bits per heavy atom. The molecule has 0 aromatic heterocycles. The van der Waals surface area contributed by atoms with Gasteiger partial charge in [-0.1, -0.05) is 0 Å². The Hall–Kier alpha value is -0.850. The van der Waals surface area contributed by atoms with E-state index in [4.69, 9.17) is 9.47 Å². The summed E-state index contributed by atoms with van der Waals surface area (Å²) in [7, 11) is 3.88. The van der Waals surface area contributed by atoms with E-state index in [1.54, 1.807) is 7.11 Å². The van der Waals surface area contributed by atoms with Crippen molar-refractivity contribution in [1.82, 2.24) is 15.5 Å². The number of guanidine groups is 1. The quantitative estimate of drug-likeness (QED) is 0.288. The Balaban J connectivity index is 3.78.